The van der Waals surface area contributed by atoms with Gasteiger partial charge in [-0.3, -0.25) is 0 Å². The molecule has 2 nitrogen and oxygen atoms in total. The molecule has 0 bridgehead atoms. The monoisotopic (exact) mass is 171 g/mol. The van der Waals surface area contributed by atoms with Crippen molar-refractivity contribution in [1.29, 1.82) is 0 Å². The van der Waals surface area contributed by atoms with Gasteiger partial charge >= 0.3 is 0 Å². The van der Waals surface area contributed by atoms with Crippen LogP contribution in [0.25, 0.3) is 0 Å². The molecule has 0 heterocycles. The molecule has 0 unspecified atom stereocenters. The molecule has 0 aromatic heterocycles. The highest BCUT2D eigenvalue weighted by Crippen LogP contribution is 2.27. The van der Waals surface area contributed by atoms with Gasteiger partial charge in [-0.2, -0.15) is 0 Å². The lowest BCUT2D eigenvalue weighted by Crippen LogP contribution is -2.19. The fourth-order valence-corrected chi connectivity index (χ4v) is 1.14. The summed E-state index contributed by atoms with van der Waals surface area (Å²) in [5, 5.41) is 3.44. The minimum Gasteiger partial charge on any atom is -0.379 e. The van der Waals surface area contributed by atoms with Gasteiger partial charge in [-0.1, -0.05) is 0 Å². The Morgan fingerprint density at radius 2 is 2.17 bits per heavy atom. The topological polar surface area (TPSA) is 21.3 Å². The number of ether oxygens (including phenoxy) is 1. The summed E-state index contributed by atoms with van der Waals surface area (Å²) in [5.74, 6) is 0.996. The molecule has 0 aromatic carbocycles. The van der Waals surface area contributed by atoms with Crippen molar-refractivity contribution in [2.75, 3.05) is 19.7 Å². The van der Waals surface area contributed by atoms with E-state index in [-0.39, 0.29) is 0 Å². The van der Waals surface area contributed by atoms with Gasteiger partial charge in [-0.25, -0.2) is 0 Å². The molecule has 1 aliphatic rings. The molecule has 72 valence electrons. The van der Waals surface area contributed by atoms with E-state index < -0.39 is 0 Å². The van der Waals surface area contributed by atoms with E-state index in [1.54, 1.807) is 0 Å². The highest BCUT2D eigenvalue weighted by molar-refractivity contribution is 4.74. The minimum atomic E-state index is 0.383. The first-order valence-corrected chi connectivity index (χ1v) is 5.11. The molecular weight excluding hydrogens is 150 g/mol. The van der Waals surface area contributed by atoms with E-state index >= 15 is 0 Å². The largest absolute Gasteiger partial charge is 0.379 e. The smallest absolute Gasteiger partial charge is 0.0518 e. The summed E-state index contributed by atoms with van der Waals surface area (Å²) in [7, 11) is 0. The van der Waals surface area contributed by atoms with Gasteiger partial charge < -0.3 is 10.1 Å². The zero-order valence-electron chi connectivity index (χ0n) is 8.31. The lowest BCUT2D eigenvalue weighted by molar-refractivity contribution is 0.0771. The molecule has 12 heavy (non-hydrogen) atoms. The second-order valence-corrected chi connectivity index (χ2v) is 3.92. The van der Waals surface area contributed by atoms with Gasteiger partial charge in [0.15, 0.2) is 0 Å². The summed E-state index contributed by atoms with van der Waals surface area (Å²) < 4.78 is 5.42. The van der Waals surface area contributed by atoms with E-state index in [0.29, 0.717) is 6.10 Å². The summed E-state index contributed by atoms with van der Waals surface area (Å²) in [6.45, 7) is 7.40. The Morgan fingerprint density at radius 3 is 2.75 bits per heavy atom. The first-order valence-electron chi connectivity index (χ1n) is 5.11. The molecular formula is C10H21NO. The van der Waals surface area contributed by atoms with Crippen LogP contribution in [0.2, 0.25) is 0 Å². The Hall–Kier alpha value is -0.0800. The first-order chi connectivity index (χ1) is 5.79. The van der Waals surface area contributed by atoms with Crippen molar-refractivity contribution in [2.24, 2.45) is 5.92 Å². The Kier molecular flexibility index (Phi) is 4.62. The summed E-state index contributed by atoms with van der Waals surface area (Å²) >= 11 is 0. The van der Waals surface area contributed by atoms with Crippen LogP contribution >= 0.6 is 0 Å². The van der Waals surface area contributed by atoms with Gasteiger partial charge in [0.2, 0.25) is 0 Å². The molecule has 0 saturated heterocycles. The second-order valence-electron chi connectivity index (χ2n) is 3.92. The van der Waals surface area contributed by atoms with Gasteiger partial charge in [0.05, 0.1) is 6.10 Å². The van der Waals surface area contributed by atoms with Crippen molar-refractivity contribution in [3.8, 4) is 0 Å². The van der Waals surface area contributed by atoms with Crippen molar-refractivity contribution in [3.05, 3.63) is 0 Å². The summed E-state index contributed by atoms with van der Waals surface area (Å²) in [6.07, 6.45) is 4.41. The van der Waals surface area contributed by atoms with Gasteiger partial charge in [0.25, 0.3) is 0 Å². The number of nitrogens with one attached hydrogen (secondary N) is 1. The maximum atomic E-state index is 5.42. The van der Waals surface area contributed by atoms with Crippen molar-refractivity contribution < 1.29 is 4.74 Å². The zero-order chi connectivity index (χ0) is 8.81. The molecule has 1 N–H and O–H groups in total. The van der Waals surface area contributed by atoms with Crippen molar-refractivity contribution in [1.82, 2.24) is 5.32 Å². The normalized spacial score (nSPS) is 17.2. The van der Waals surface area contributed by atoms with E-state index in [1.165, 1.54) is 19.4 Å². The number of rotatable bonds is 7. The van der Waals surface area contributed by atoms with Crippen molar-refractivity contribution in [3.63, 3.8) is 0 Å². The van der Waals surface area contributed by atoms with Crippen LogP contribution in [0.3, 0.4) is 0 Å². The van der Waals surface area contributed by atoms with Crippen LogP contribution in [0.4, 0.5) is 0 Å². The average molecular weight is 171 g/mol. The van der Waals surface area contributed by atoms with Crippen molar-refractivity contribution in [2.45, 2.75) is 39.2 Å². The molecule has 0 radical (unpaired) electrons. The molecule has 1 aliphatic carbocycles. The van der Waals surface area contributed by atoms with E-state index in [2.05, 4.69) is 19.2 Å². The van der Waals surface area contributed by atoms with E-state index in [1.807, 2.05) is 0 Å². The first kappa shape index (κ1) is 10.0. The van der Waals surface area contributed by atoms with Crippen LogP contribution in [0.1, 0.15) is 33.1 Å². The van der Waals surface area contributed by atoms with Gasteiger partial charge in [0.1, 0.15) is 0 Å². The Morgan fingerprint density at radius 1 is 1.42 bits per heavy atom. The van der Waals surface area contributed by atoms with Gasteiger partial charge in [-0.15, -0.1) is 0 Å². The third-order valence-corrected chi connectivity index (χ3v) is 2.08. The summed E-state index contributed by atoms with van der Waals surface area (Å²) in [6, 6.07) is 0. The Bertz CT molecular complexity index is 104. The predicted molar refractivity (Wildman–Crippen MR) is 51.3 cm³/mol. The molecule has 1 rings (SSSR count). The quantitative estimate of drug-likeness (QED) is 0.590. The van der Waals surface area contributed by atoms with Crippen molar-refractivity contribution >= 4 is 0 Å². The standard InChI is InChI=1S/C10H21NO/c1-9(2)12-7-3-6-11-8-10-4-5-10/h9-11H,3-8H2,1-2H3. The highest BCUT2D eigenvalue weighted by atomic mass is 16.5. The third-order valence-electron chi connectivity index (χ3n) is 2.08. The summed E-state index contributed by atoms with van der Waals surface area (Å²) in [5.41, 5.74) is 0. The van der Waals surface area contributed by atoms with Gasteiger partial charge in [-0.05, 0) is 52.1 Å². The van der Waals surface area contributed by atoms with Crippen LogP contribution < -0.4 is 5.32 Å². The highest BCUT2D eigenvalue weighted by Gasteiger charge is 2.19. The molecule has 0 aliphatic heterocycles. The average Bonchev–Trinajstić information content (AvgIpc) is 2.79. The fourth-order valence-electron chi connectivity index (χ4n) is 1.14. The maximum absolute atomic E-state index is 5.42. The third kappa shape index (κ3) is 5.56. The second kappa shape index (κ2) is 5.55. The van der Waals surface area contributed by atoms with Crippen LogP contribution in [0.5, 0.6) is 0 Å². The summed E-state index contributed by atoms with van der Waals surface area (Å²) in [4.78, 5) is 0. The van der Waals surface area contributed by atoms with Crippen LogP contribution in [-0.2, 0) is 4.74 Å². The van der Waals surface area contributed by atoms with E-state index in [4.69, 9.17) is 4.74 Å². The van der Waals surface area contributed by atoms with Crippen LogP contribution in [0, 0.1) is 5.92 Å². The number of hydrogen-bond donors (Lipinski definition) is 1. The minimum absolute atomic E-state index is 0.383. The zero-order valence-corrected chi connectivity index (χ0v) is 8.31. The molecule has 0 spiro atoms. The SMILES string of the molecule is CC(C)OCCCNCC1CC1. The molecule has 1 saturated carbocycles. The van der Waals surface area contributed by atoms with Crippen LogP contribution in [0.15, 0.2) is 0 Å². The Balaban J connectivity index is 1.70. The molecule has 1 fully saturated rings. The molecule has 0 aromatic rings. The lowest BCUT2D eigenvalue weighted by atomic mass is 10.4. The molecule has 0 amide bonds. The van der Waals surface area contributed by atoms with E-state index in [9.17, 15) is 0 Å². The number of hydrogen-bond acceptors (Lipinski definition) is 2. The predicted octanol–water partition coefficient (Wildman–Crippen LogP) is 1.80. The van der Waals surface area contributed by atoms with E-state index in [0.717, 1.165) is 25.5 Å². The Labute approximate surface area is 75.7 Å². The molecule has 2 heteroatoms. The van der Waals surface area contributed by atoms with Crippen LogP contribution in [-0.4, -0.2) is 25.8 Å². The lowest BCUT2D eigenvalue weighted by Gasteiger charge is -2.07. The van der Waals surface area contributed by atoms with Gasteiger partial charge in [0, 0.05) is 6.61 Å². The maximum Gasteiger partial charge on any atom is 0.0518 e. The fraction of sp³-hybridized carbons (Fsp3) is 1.00. The molecule has 0 atom stereocenters.